The van der Waals surface area contributed by atoms with Crippen LogP contribution in [-0.4, -0.2) is 26.7 Å². The van der Waals surface area contributed by atoms with E-state index in [4.69, 9.17) is 14.2 Å². The third-order valence-corrected chi connectivity index (χ3v) is 4.00. The third kappa shape index (κ3) is 4.89. The minimum absolute atomic E-state index is 0.0424. The first-order chi connectivity index (χ1) is 11.5. The van der Waals surface area contributed by atoms with Crippen molar-refractivity contribution < 1.29 is 19.0 Å². The molecule has 0 heterocycles. The van der Waals surface area contributed by atoms with E-state index in [1.165, 1.54) is 0 Å². The van der Waals surface area contributed by atoms with Crippen LogP contribution >= 0.6 is 15.9 Å². The Labute approximate surface area is 150 Å². The Balaban J connectivity index is 1.92. The standard InChI is InChI=1S/C18H20BrNO4/c1-12(13-4-9-16(22-2)17(10-13)23-3)20-18(21)11-24-15-7-5-14(19)6-8-15/h4-10,12H,11H2,1-3H3,(H,20,21). The monoisotopic (exact) mass is 393 g/mol. The molecule has 1 unspecified atom stereocenters. The number of nitrogens with one attached hydrogen (secondary N) is 1. The second kappa shape index (κ2) is 8.59. The van der Waals surface area contributed by atoms with Crippen LogP contribution in [0.1, 0.15) is 18.5 Å². The molecule has 1 N–H and O–H groups in total. The number of benzene rings is 2. The second-order valence-corrected chi connectivity index (χ2v) is 6.06. The van der Waals surface area contributed by atoms with E-state index >= 15 is 0 Å². The number of carbonyl (C=O) groups is 1. The van der Waals surface area contributed by atoms with E-state index in [9.17, 15) is 4.79 Å². The van der Waals surface area contributed by atoms with Gasteiger partial charge in [-0.15, -0.1) is 0 Å². The van der Waals surface area contributed by atoms with Crippen molar-refractivity contribution in [2.45, 2.75) is 13.0 Å². The summed E-state index contributed by atoms with van der Waals surface area (Å²) in [5.74, 6) is 1.73. The SMILES string of the molecule is COc1ccc(C(C)NC(=O)COc2ccc(Br)cc2)cc1OC. The van der Waals surface area contributed by atoms with Gasteiger partial charge < -0.3 is 19.5 Å². The molecule has 0 fully saturated rings. The highest BCUT2D eigenvalue weighted by molar-refractivity contribution is 9.10. The van der Waals surface area contributed by atoms with Crippen molar-refractivity contribution in [3.63, 3.8) is 0 Å². The van der Waals surface area contributed by atoms with Gasteiger partial charge in [-0.05, 0) is 48.9 Å². The maximum Gasteiger partial charge on any atom is 0.258 e. The molecule has 0 aliphatic carbocycles. The molecule has 0 bridgehead atoms. The molecule has 2 aromatic rings. The van der Waals surface area contributed by atoms with Crippen LogP contribution in [-0.2, 0) is 4.79 Å². The van der Waals surface area contributed by atoms with Crippen molar-refractivity contribution in [1.29, 1.82) is 0 Å². The maximum atomic E-state index is 12.0. The Morgan fingerprint density at radius 2 is 1.75 bits per heavy atom. The number of hydrogen-bond donors (Lipinski definition) is 1. The van der Waals surface area contributed by atoms with E-state index in [1.807, 2.05) is 37.3 Å². The first-order valence-corrected chi connectivity index (χ1v) is 8.22. The molecule has 2 aromatic carbocycles. The van der Waals surface area contributed by atoms with Crippen molar-refractivity contribution in [2.75, 3.05) is 20.8 Å². The number of amides is 1. The molecule has 128 valence electrons. The van der Waals surface area contributed by atoms with Gasteiger partial charge in [-0.3, -0.25) is 4.79 Å². The zero-order chi connectivity index (χ0) is 17.5. The highest BCUT2D eigenvalue weighted by Crippen LogP contribution is 2.29. The first-order valence-electron chi connectivity index (χ1n) is 7.43. The maximum absolute atomic E-state index is 12.0. The Hall–Kier alpha value is -2.21. The van der Waals surface area contributed by atoms with Crippen molar-refractivity contribution in [1.82, 2.24) is 5.32 Å². The summed E-state index contributed by atoms with van der Waals surface area (Å²) in [5, 5.41) is 2.90. The molecular formula is C18H20BrNO4. The Morgan fingerprint density at radius 3 is 2.38 bits per heavy atom. The van der Waals surface area contributed by atoms with Crippen LogP contribution in [0.2, 0.25) is 0 Å². The van der Waals surface area contributed by atoms with E-state index in [1.54, 1.807) is 26.4 Å². The van der Waals surface area contributed by atoms with Crippen molar-refractivity contribution in [2.24, 2.45) is 0 Å². The van der Waals surface area contributed by atoms with Gasteiger partial charge >= 0.3 is 0 Å². The second-order valence-electron chi connectivity index (χ2n) is 5.15. The minimum atomic E-state index is -0.194. The zero-order valence-electron chi connectivity index (χ0n) is 13.8. The number of halogens is 1. The molecule has 5 nitrogen and oxygen atoms in total. The molecule has 0 saturated carbocycles. The largest absolute Gasteiger partial charge is 0.493 e. The van der Waals surface area contributed by atoms with E-state index in [2.05, 4.69) is 21.2 Å². The molecule has 1 atom stereocenters. The quantitative estimate of drug-likeness (QED) is 0.778. The van der Waals surface area contributed by atoms with Gasteiger partial charge in [0, 0.05) is 4.47 Å². The number of methoxy groups -OCH3 is 2. The van der Waals surface area contributed by atoms with E-state index in [0.717, 1.165) is 10.0 Å². The molecule has 6 heteroatoms. The van der Waals surface area contributed by atoms with Gasteiger partial charge in [0.25, 0.3) is 5.91 Å². The molecule has 0 radical (unpaired) electrons. The first kappa shape index (κ1) is 18.1. The lowest BCUT2D eigenvalue weighted by molar-refractivity contribution is -0.123. The van der Waals surface area contributed by atoms with E-state index in [-0.39, 0.29) is 18.6 Å². The number of rotatable bonds is 7. The smallest absolute Gasteiger partial charge is 0.258 e. The van der Waals surface area contributed by atoms with Crippen LogP contribution in [0, 0.1) is 0 Å². The molecule has 0 aliphatic heterocycles. The number of hydrogen-bond acceptors (Lipinski definition) is 4. The predicted molar refractivity (Wildman–Crippen MR) is 95.7 cm³/mol. The fraction of sp³-hybridized carbons (Fsp3) is 0.278. The Morgan fingerprint density at radius 1 is 1.08 bits per heavy atom. The highest BCUT2D eigenvalue weighted by Gasteiger charge is 2.13. The summed E-state index contributed by atoms with van der Waals surface area (Å²) in [6.07, 6.45) is 0. The lowest BCUT2D eigenvalue weighted by atomic mass is 10.1. The van der Waals surface area contributed by atoms with E-state index < -0.39 is 0 Å². The van der Waals surface area contributed by atoms with Crippen molar-refractivity contribution >= 4 is 21.8 Å². The van der Waals surface area contributed by atoms with E-state index in [0.29, 0.717) is 17.2 Å². The average Bonchev–Trinajstić information content (AvgIpc) is 2.60. The molecule has 24 heavy (non-hydrogen) atoms. The van der Waals surface area contributed by atoms with Crippen LogP contribution in [0.3, 0.4) is 0 Å². The Bertz CT molecular complexity index is 688. The van der Waals surface area contributed by atoms with Crippen LogP contribution < -0.4 is 19.5 Å². The summed E-state index contributed by atoms with van der Waals surface area (Å²) in [6, 6.07) is 12.7. The predicted octanol–water partition coefficient (Wildman–Crippen LogP) is 3.72. The highest BCUT2D eigenvalue weighted by atomic mass is 79.9. The van der Waals surface area contributed by atoms with Gasteiger partial charge in [-0.25, -0.2) is 0 Å². The van der Waals surface area contributed by atoms with Gasteiger partial charge in [0.05, 0.1) is 20.3 Å². The summed E-state index contributed by atoms with van der Waals surface area (Å²) in [7, 11) is 3.17. The minimum Gasteiger partial charge on any atom is -0.493 e. The lowest BCUT2D eigenvalue weighted by Gasteiger charge is -2.16. The Kier molecular flexibility index (Phi) is 6.49. The molecule has 2 rings (SSSR count). The summed E-state index contributed by atoms with van der Waals surface area (Å²) in [5.41, 5.74) is 0.921. The fourth-order valence-corrected chi connectivity index (χ4v) is 2.43. The van der Waals surface area contributed by atoms with Crippen molar-refractivity contribution in [3.05, 3.63) is 52.5 Å². The third-order valence-electron chi connectivity index (χ3n) is 3.47. The molecule has 1 amide bonds. The topological polar surface area (TPSA) is 56.8 Å². The van der Waals surface area contributed by atoms with Gasteiger partial charge in [-0.1, -0.05) is 22.0 Å². The van der Waals surface area contributed by atoms with Crippen LogP contribution in [0.15, 0.2) is 46.9 Å². The van der Waals surface area contributed by atoms with Gasteiger partial charge in [-0.2, -0.15) is 0 Å². The molecular weight excluding hydrogens is 374 g/mol. The molecule has 0 spiro atoms. The van der Waals surface area contributed by atoms with Gasteiger partial charge in [0.15, 0.2) is 18.1 Å². The summed E-state index contributed by atoms with van der Waals surface area (Å²) < 4.78 is 16.9. The average molecular weight is 394 g/mol. The number of carbonyl (C=O) groups excluding carboxylic acids is 1. The van der Waals surface area contributed by atoms with Crippen molar-refractivity contribution in [3.8, 4) is 17.2 Å². The summed E-state index contributed by atoms with van der Waals surface area (Å²) >= 11 is 3.35. The van der Waals surface area contributed by atoms with Crippen LogP contribution in [0.5, 0.6) is 17.2 Å². The van der Waals surface area contributed by atoms with Gasteiger partial charge in [0.1, 0.15) is 5.75 Å². The molecule has 0 aromatic heterocycles. The summed E-state index contributed by atoms with van der Waals surface area (Å²) in [6.45, 7) is 1.86. The van der Waals surface area contributed by atoms with Crippen LogP contribution in [0.25, 0.3) is 0 Å². The van der Waals surface area contributed by atoms with Crippen LogP contribution in [0.4, 0.5) is 0 Å². The normalized spacial score (nSPS) is 11.5. The number of ether oxygens (including phenoxy) is 3. The molecule has 0 saturated heterocycles. The molecule has 0 aliphatic rings. The zero-order valence-corrected chi connectivity index (χ0v) is 15.4. The van der Waals surface area contributed by atoms with Gasteiger partial charge in [0.2, 0.25) is 0 Å². The lowest BCUT2D eigenvalue weighted by Crippen LogP contribution is -2.31. The fourth-order valence-electron chi connectivity index (χ4n) is 2.17. The summed E-state index contributed by atoms with van der Waals surface area (Å²) in [4.78, 5) is 12.0.